The van der Waals surface area contributed by atoms with Gasteiger partial charge in [0.1, 0.15) is 17.5 Å². The van der Waals surface area contributed by atoms with Crippen molar-refractivity contribution >= 4 is 29.1 Å². The third kappa shape index (κ3) is 5.34. The lowest BCUT2D eigenvalue weighted by Gasteiger charge is -2.27. The SMILES string of the molecule is CCCC1=C(C(=O)OCC)[C@@H](c2cc(OC)ccc2OC)n2c(s/c(=C\c3ccc(OC)c([N+](=O)[O-])c3)c2=O)=N1. The smallest absolute Gasteiger partial charge is 0.338 e. The highest BCUT2D eigenvalue weighted by Gasteiger charge is 2.36. The van der Waals surface area contributed by atoms with E-state index in [0.717, 1.165) is 11.3 Å². The lowest BCUT2D eigenvalue weighted by atomic mass is 9.93. The number of benzene rings is 2. The van der Waals surface area contributed by atoms with Crippen molar-refractivity contribution in [2.75, 3.05) is 27.9 Å². The standard InChI is InChI=1S/C28H29N3O8S/c1-6-8-19-24(27(33)39-7-2)25(18-15-17(36-3)10-12-21(18)37-4)30-26(32)23(40-28(30)29-19)14-16-9-11-22(38-5)20(13-16)31(34)35/h9-15,25H,6-8H2,1-5H3/b23-14-/t25-/m1/s1. The molecule has 40 heavy (non-hydrogen) atoms. The summed E-state index contributed by atoms with van der Waals surface area (Å²) < 4.78 is 23.3. The van der Waals surface area contributed by atoms with Crippen LogP contribution in [0.4, 0.5) is 5.69 Å². The molecule has 0 saturated carbocycles. The number of nitro groups is 1. The summed E-state index contributed by atoms with van der Waals surface area (Å²) in [5.74, 6) is 0.494. The van der Waals surface area contributed by atoms with E-state index in [1.807, 2.05) is 6.92 Å². The molecule has 3 aromatic rings. The van der Waals surface area contributed by atoms with Gasteiger partial charge in [0.15, 0.2) is 10.6 Å². The highest BCUT2D eigenvalue weighted by Crippen LogP contribution is 2.38. The van der Waals surface area contributed by atoms with Crippen molar-refractivity contribution in [3.63, 3.8) is 0 Å². The summed E-state index contributed by atoms with van der Waals surface area (Å²) in [4.78, 5) is 43.5. The van der Waals surface area contributed by atoms with Crippen molar-refractivity contribution < 1.29 is 28.7 Å². The summed E-state index contributed by atoms with van der Waals surface area (Å²) in [5, 5.41) is 11.5. The number of aromatic nitrogens is 1. The zero-order valence-corrected chi connectivity index (χ0v) is 23.6. The van der Waals surface area contributed by atoms with Gasteiger partial charge in [-0.3, -0.25) is 19.5 Å². The second-order valence-electron chi connectivity index (χ2n) is 8.71. The molecule has 0 unspecified atom stereocenters. The van der Waals surface area contributed by atoms with Crippen molar-refractivity contribution in [1.82, 2.24) is 4.57 Å². The minimum Gasteiger partial charge on any atom is -0.497 e. The van der Waals surface area contributed by atoms with E-state index < -0.39 is 22.5 Å². The van der Waals surface area contributed by atoms with Gasteiger partial charge in [0, 0.05) is 11.6 Å². The number of nitrogens with zero attached hydrogens (tertiary/aromatic N) is 3. The average molecular weight is 568 g/mol. The number of hydrogen-bond donors (Lipinski definition) is 0. The Balaban J connectivity index is 2.04. The van der Waals surface area contributed by atoms with Gasteiger partial charge in [-0.05, 0) is 49.2 Å². The minimum absolute atomic E-state index is 0.108. The number of carbonyl (C=O) groups excluding carboxylic acids is 1. The first-order chi connectivity index (χ1) is 19.3. The molecule has 0 N–H and O–H groups in total. The Morgan fingerprint density at radius 2 is 1.82 bits per heavy atom. The maximum atomic E-state index is 14.0. The number of allylic oxidation sites excluding steroid dienone is 1. The molecular weight excluding hydrogens is 538 g/mol. The van der Waals surface area contributed by atoms with Gasteiger partial charge in [-0.15, -0.1) is 0 Å². The summed E-state index contributed by atoms with van der Waals surface area (Å²) in [7, 11) is 4.38. The van der Waals surface area contributed by atoms with E-state index in [1.54, 1.807) is 37.3 Å². The molecule has 0 bridgehead atoms. The second kappa shape index (κ2) is 12.2. The van der Waals surface area contributed by atoms with Gasteiger partial charge < -0.3 is 18.9 Å². The quantitative estimate of drug-likeness (QED) is 0.207. The highest BCUT2D eigenvalue weighted by molar-refractivity contribution is 7.07. The molecule has 0 fully saturated rings. The van der Waals surface area contributed by atoms with E-state index in [-0.39, 0.29) is 28.1 Å². The van der Waals surface area contributed by atoms with Gasteiger partial charge in [-0.1, -0.05) is 30.7 Å². The summed E-state index contributed by atoms with van der Waals surface area (Å²) in [6, 6.07) is 8.69. The van der Waals surface area contributed by atoms with Crippen LogP contribution in [0.5, 0.6) is 17.2 Å². The molecule has 0 spiro atoms. The molecule has 0 radical (unpaired) electrons. The monoisotopic (exact) mass is 567 g/mol. The molecule has 1 atom stereocenters. The van der Waals surface area contributed by atoms with E-state index >= 15 is 0 Å². The Kier molecular flexibility index (Phi) is 8.68. The minimum atomic E-state index is -0.908. The van der Waals surface area contributed by atoms with Gasteiger partial charge in [-0.2, -0.15) is 0 Å². The van der Waals surface area contributed by atoms with Crippen molar-refractivity contribution in [3.05, 3.63) is 88.6 Å². The first kappa shape index (κ1) is 28.6. The molecule has 1 aromatic heterocycles. The second-order valence-corrected chi connectivity index (χ2v) is 9.72. The van der Waals surface area contributed by atoms with Crippen molar-refractivity contribution in [3.8, 4) is 17.2 Å². The molecule has 11 nitrogen and oxygen atoms in total. The first-order valence-corrected chi connectivity index (χ1v) is 13.4. The number of nitro benzene ring substituents is 1. The Bertz CT molecular complexity index is 1670. The van der Waals surface area contributed by atoms with Gasteiger partial charge in [0.25, 0.3) is 5.56 Å². The number of fused-ring (bicyclic) bond motifs is 1. The summed E-state index contributed by atoms with van der Waals surface area (Å²) in [5.41, 5.74) is 1.08. The topological polar surface area (TPSA) is 131 Å². The van der Waals surface area contributed by atoms with Gasteiger partial charge in [0.2, 0.25) is 0 Å². The third-order valence-corrected chi connectivity index (χ3v) is 7.30. The number of ether oxygens (including phenoxy) is 4. The van der Waals surface area contributed by atoms with E-state index in [4.69, 9.17) is 23.9 Å². The lowest BCUT2D eigenvalue weighted by Crippen LogP contribution is -2.40. The predicted octanol–water partition coefficient (Wildman–Crippen LogP) is 3.51. The van der Waals surface area contributed by atoms with Gasteiger partial charge >= 0.3 is 11.7 Å². The normalized spacial score (nSPS) is 14.8. The number of thiazole rings is 1. The van der Waals surface area contributed by atoms with Crippen LogP contribution in [0.15, 0.2) is 57.5 Å². The Morgan fingerprint density at radius 1 is 1.10 bits per heavy atom. The number of methoxy groups -OCH3 is 3. The molecule has 1 aliphatic heterocycles. The maximum absolute atomic E-state index is 14.0. The van der Waals surface area contributed by atoms with Crippen LogP contribution in [0.2, 0.25) is 0 Å². The Labute approximate surface area is 233 Å². The molecule has 2 heterocycles. The van der Waals surface area contributed by atoms with Crippen molar-refractivity contribution in [2.24, 2.45) is 4.99 Å². The zero-order valence-electron chi connectivity index (χ0n) is 22.8. The number of rotatable bonds is 10. The van der Waals surface area contributed by atoms with E-state index in [0.29, 0.717) is 46.0 Å². The largest absolute Gasteiger partial charge is 0.497 e. The molecular formula is C28H29N3O8S. The van der Waals surface area contributed by atoms with Crippen molar-refractivity contribution in [1.29, 1.82) is 0 Å². The molecule has 4 rings (SSSR count). The third-order valence-electron chi connectivity index (χ3n) is 6.32. The molecule has 0 amide bonds. The molecule has 12 heteroatoms. The van der Waals surface area contributed by atoms with Crippen LogP contribution in [-0.4, -0.2) is 43.4 Å². The number of esters is 1. The predicted molar refractivity (Wildman–Crippen MR) is 149 cm³/mol. The molecule has 0 saturated heterocycles. The Morgan fingerprint density at radius 3 is 2.45 bits per heavy atom. The van der Waals surface area contributed by atoms with E-state index in [9.17, 15) is 19.7 Å². The Hall–Kier alpha value is -4.45. The number of carbonyl (C=O) groups is 1. The van der Waals surface area contributed by atoms with E-state index in [1.165, 1.54) is 38.0 Å². The fraction of sp³-hybridized carbons (Fsp3) is 0.321. The van der Waals surface area contributed by atoms with Gasteiger partial charge in [-0.25, -0.2) is 9.79 Å². The van der Waals surface area contributed by atoms with Crippen LogP contribution < -0.4 is 29.1 Å². The van der Waals surface area contributed by atoms with E-state index in [2.05, 4.69) is 0 Å². The van der Waals surface area contributed by atoms with Crippen LogP contribution >= 0.6 is 11.3 Å². The van der Waals surface area contributed by atoms with Crippen LogP contribution in [-0.2, 0) is 9.53 Å². The fourth-order valence-corrected chi connectivity index (χ4v) is 5.58. The van der Waals surface area contributed by atoms with Crippen molar-refractivity contribution in [2.45, 2.75) is 32.7 Å². The zero-order chi connectivity index (χ0) is 29.0. The molecule has 2 aromatic carbocycles. The highest BCUT2D eigenvalue weighted by atomic mass is 32.1. The fourth-order valence-electron chi connectivity index (χ4n) is 4.56. The average Bonchev–Trinajstić information content (AvgIpc) is 3.26. The van der Waals surface area contributed by atoms with Crippen LogP contribution in [0, 0.1) is 10.1 Å². The summed E-state index contributed by atoms with van der Waals surface area (Å²) >= 11 is 1.13. The molecule has 0 aliphatic carbocycles. The maximum Gasteiger partial charge on any atom is 0.338 e. The van der Waals surface area contributed by atoms with Gasteiger partial charge in [0.05, 0.1) is 48.7 Å². The summed E-state index contributed by atoms with van der Waals surface area (Å²) in [6.45, 7) is 3.82. The first-order valence-electron chi connectivity index (χ1n) is 12.5. The molecule has 210 valence electrons. The van der Waals surface area contributed by atoms with Crippen LogP contribution in [0.25, 0.3) is 6.08 Å². The molecule has 1 aliphatic rings. The van der Waals surface area contributed by atoms with Crippen LogP contribution in [0.3, 0.4) is 0 Å². The lowest BCUT2D eigenvalue weighted by molar-refractivity contribution is -0.385. The van der Waals surface area contributed by atoms with Crippen LogP contribution in [0.1, 0.15) is 43.9 Å². The summed E-state index contributed by atoms with van der Waals surface area (Å²) in [6.07, 6.45) is 2.74. The number of hydrogen-bond acceptors (Lipinski definition) is 10.